The van der Waals surface area contributed by atoms with Crippen molar-refractivity contribution >= 4 is 45.1 Å². The number of ether oxygens (including phenoxy) is 1. The molecule has 0 radical (unpaired) electrons. The highest BCUT2D eigenvalue weighted by Gasteiger charge is 2.21. The average molecular weight is 400 g/mol. The maximum atomic E-state index is 12.3. The number of para-hydroxylation sites is 1. The smallest absolute Gasteiger partial charge is 0.349 e. The van der Waals surface area contributed by atoms with Crippen LogP contribution in [0.15, 0.2) is 35.1 Å². The van der Waals surface area contributed by atoms with E-state index < -0.39 is 24.5 Å². The number of anilines is 1. The quantitative estimate of drug-likeness (QED) is 0.575. The molecule has 0 saturated heterocycles. The van der Waals surface area contributed by atoms with Crippen LogP contribution in [0.5, 0.6) is 0 Å². The van der Waals surface area contributed by atoms with E-state index in [-0.39, 0.29) is 10.4 Å². The third-order valence-corrected chi connectivity index (χ3v) is 4.89. The van der Waals surface area contributed by atoms with Crippen LogP contribution in [0.1, 0.15) is 21.1 Å². The van der Waals surface area contributed by atoms with Gasteiger partial charge in [0.15, 0.2) is 6.61 Å². The number of hydrogen-bond acceptors (Lipinski definition) is 7. The lowest BCUT2D eigenvalue weighted by molar-refractivity contribution is -0.123. The van der Waals surface area contributed by atoms with Crippen LogP contribution in [0.3, 0.4) is 0 Å². The van der Waals surface area contributed by atoms with Crippen molar-refractivity contribution in [3.63, 3.8) is 0 Å². The fourth-order valence-electron chi connectivity index (χ4n) is 2.49. The molecule has 1 aromatic carbocycles. The van der Waals surface area contributed by atoms with Gasteiger partial charge in [0.25, 0.3) is 11.5 Å². The number of imide groups is 1. The Labute approximate surface area is 162 Å². The molecule has 9 nitrogen and oxygen atoms in total. The highest BCUT2D eigenvalue weighted by molar-refractivity contribution is 7.20. The molecule has 3 rings (SSSR count). The van der Waals surface area contributed by atoms with Gasteiger partial charge < -0.3 is 15.0 Å². The van der Waals surface area contributed by atoms with Crippen LogP contribution >= 0.6 is 11.3 Å². The third-order valence-electron chi connectivity index (χ3n) is 3.72. The number of amides is 3. The van der Waals surface area contributed by atoms with Gasteiger partial charge in [0.1, 0.15) is 15.5 Å². The second kappa shape index (κ2) is 8.01. The summed E-state index contributed by atoms with van der Waals surface area (Å²) in [4.78, 5) is 55.3. The Kier molecular flexibility index (Phi) is 5.50. The number of fused-ring (bicyclic) bond motifs is 1. The summed E-state index contributed by atoms with van der Waals surface area (Å²) < 4.78 is 4.96. The van der Waals surface area contributed by atoms with Crippen molar-refractivity contribution in [2.45, 2.75) is 13.8 Å². The summed E-state index contributed by atoms with van der Waals surface area (Å²) in [5.41, 5.74) is 0.602. The Balaban J connectivity index is 1.61. The highest BCUT2D eigenvalue weighted by Crippen LogP contribution is 2.27. The van der Waals surface area contributed by atoms with Crippen LogP contribution in [-0.2, 0) is 9.53 Å². The van der Waals surface area contributed by atoms with E-state index in [9.17, 15) is 19.2 Å². The number of esters is 1. The summed E-state index contributed by atoms with van der Waals surface area (Å²) in [7, 11) is 0. The number of carbonyl (C=O) groups is 3. The number of aromatic nitrogens is 2. The number of benzene rings is 1. The van der Waals surface area contributed by atoms with Crippen LogP contribution in [0.4, 0.5) is 10.5 Å². The number of nitrogens with one attached hydrogen (secondary N) is 3. The van der Waals surface area contributed by atoms with Gasteiger partial charge in [0.05, 0.1) is 5.39 Å². The SMILES string of the molecule is Cc1nc2sc(C(=O)OCC(=O)NC(=O)Nc3ccccc3)c(C)c2c(=O)[nH]1. The predicted octanol–water partition coefficient (Wildman–Crippen LogP) is 2.11. The van der Waals surface area contributed by atoms with Crippen LogP contribution in [-0.4, -0.2) is 34.5 Å². The summed E-state index contributed by atoms with van der Waals surface area (Å²) in [5.74, 6) is -1.12. The molecule has 10 heteroatoms. The van der Waals surface area contributed by atoms with Crippen LogP contribution in [0, 0.1) is 13.8 Å². The van der Waals surface area contributed by atoms with E-state index in [1.807, 2.05) is 0 Å². The molecule has 0 aliphatic carbocycles. The zero-order valence-corrected chi connectivity index (χ0v) is 15.8. The van der Waals surface area contributed by atoms with E-state index in [4.69, 9.17) is 4.74 Å². The number of urea groups is 1. The molecule has 0 aliphatic heterocycles. The van der Waals surface area contributed by atoms with Gasteiger partial charge in [-0.05, 0) is 31.5 Å². The number of H-pyrrole nitrogens is 1. The van der Waals surface area contributed by atoms with Crippen molar-refractivity contribution in [2.75, 3.05) is 11.9 Å². The molecular weight excluding hydrogens is 384 g/mol. The molecule has 0 atom stereocenters. The minimum Gasteiger partial charge on any atom is -0.451 e. The number of aromatic amines is 1. The zero-order valence-electron chi connectivity index (χ0n) is 15.0. The first-order valence-electron chi connectivity index (χ1n) is 8.18. The van der Waals surface area contributed by atoms with E-state index in [1.165, 1.54) is 0 Å². The maximum absolute atomic E-state index is 12.3. The number of aryl methyl sites for hydroxylation is 2. The van der Waals surface area contributed by atoms with Crippen molar-refractivity contribution in [1.82, 2.24) is 15.3 Å². The Morgan fingerprint density at radius 1 is 1.18 bits per heavy atom. The monoisotopic (exact) mass is 400 g/mol. The molecule has 0 spiro atoms. The lowest BCUT2D eigenvalue weighted by atomic mass is 10.2. The fourth-order valence-corrected chi connectivity index (χ4v) is 3.61. The number of nitrogens with zero attached hydrogens (tertiary/aromatic N) is 1. The van der Waals surface area contributed by atoms with Crippen LogP contribution in [0.25, 0.3) is 10.2 Å². The molecule has 0 saturated carbocycles. The first-order chi connectivity index (χ1) is 13.3. The van der Waals surface area contributed by atoms with E-state index in [0.717, 1.165) is 11.3 Å². The highest BCUT2D eigenvalue weighted by atomic mass is 32.1. The molecule has 28 heavy (non-hydrogen) atoms. The average Bonchev–Trinajstić information content (AvgIpc) is 2.97. The Hall–Kier alpha value is -3.53. The molecule has 144 valence electrons. The predicted molar refractivity (Wildman–Crippen MR) is 104 cm³/mol. The topological polar surface area (TPSA) is 130 Å². The molecule has 0 unspecified atom stereocenters. The largest absolute Gasteiger partial charge is 0.451 e. The number of hydrogen-bond donors (Lipinski definition) is 3. The Morgan fingerprint density at radius 2 is 1.89 bits per heavy atom. The van der Waals surface area contributed by atoms with Gasteiger partial charge in [0, 0.05) is 5.69 Å². The number of carbonyl (C=O) groups excluding carboxylic acids is 3. The molecule has 0 bridgehead atoms. The van der Waals surface area contributed by atoms with Gasteiger partial charge in [-0.25, -0.2) is 14.6 Å². The number of rotatable bonds is 4. The summed E-state index contributed by atoms with van der Waals surface area (Å²) in [6.45, 7) is 2.60. The summed E-state index contributed by atoms with van der Waals surface area (Å²) in [6.07, 6.45) is 0. The minimum atomic E-state index is -0.785. The molecule has 3 N–H and O–H groups in total. The maximum Gasteiger partial charge on any atom is 0.349 e. The summed E-state index contributed by atoms with van der Waals surface area (Å²) >= 11 is 1.01. The van der Waals surface area contributed by atoms with Gasteiger partial charge in [0.2, 0.25) is 0 Å². The van der Waals surface area contributed by atoms with Crippen molar-refractivity contribution < 1.29 is 19.1 Å². The second-order valence-corrected chi connectivity index (χ2v) is 6.83. The van der Waals surface area contributed by atoms with Crippen molar-refractivity contribution in [2.24, 2.45) is 0 Å². The first kappa shape index (κ1) is 19.2. The van der Waals surface area contributed by atoms with E-state index in [0.29, 0.717) is 27.3 Å². The Morgan fingerprint density at radius 3 is 2.61 bits per heavy atom. The van der Waals surface area contributed by atoms with Crippen molar-refractivity contribution in [3.8, 4) is 0 Å². The van der Waals surface area contributed by atoms with Gasteiger partial charge in [-0.1, -0.05) is 18.2 Å². The van der Waals surface area contributed by atoms with Gasteiger partial charge in [-0.2, -0.15) is 0 Å². The number of thiophene rings is 1. The summed E-state index contributed by atoms with van der Waals surface area (Å²) in [5, 5.41) is 4.85. The van der Waals surface area contributed by atoms with Crippen LogP contribution in [0.2, 0.25) is 0 Å². The van der Waals surface area contributed by atoms with E-state index in [1.54, 1.807) is 44.2 Å². The molecule has 0 aliphatic rings. The van der Waals surface area contributed by atoms with Gasteiger partial charge in [-0.3, -0.25) is 14.9 Å². The van der Waals surface area contributed by atoms with Gasteiger partial charge in [-0.15, -0.1) is 11.3 Å². The van der Waals surface area contributed by atoms with Crippen molar-refractivity contribution in [1.29, 1.82) is 0 Å². The van der Waals surface area contributed by atoms with Gasteiger partial charge >= 0.3 is 12.0 Å². The lowest BCUT2D eigenvalue weighted by Crippen LogP contribution is -2.37. The fraction of sp³-hybridized carbons (Fsp3) is 0.167. The van der Waals surface area contributed by atoms with E-state index >= 15 is 0 Å². The molecule has 2 aromatic heterocycles. The minimum absolute atomic E-state index is 0.181. The molecule has 3 amide bonds. The Bertz CT molecular complexity index is 1120. The van der Waals surface area contributed by atoms with E-state index in [2.05, 4.69) is 20.6 Å². The summed E-state index contributed by atoms with van der Waals surface area (Å²) in [6, 6.07) is 7.82. The molecular formula is C18H16N4O5S. The molecule has 0 fully saturated rings. The first-order valence-corrected chi connectivity index (χ1v) is 9.00. The third kappa shape index (κ3) is 4.23. The lowest BCUT2D eigenvalue weighted by Gasteiger charge is -2.07. The van der Waals surface area contributed by atoms with Crippen LogP contribution < -0.4 is 16.2 Å². The molecule has 3 aromatic rings. The zero-order chi connectivity index (χ0) is 20.3. The standard InChI is InChI=1S/C18H16N4O5S/c1-9-13-15(24)19-10(2)20-16(13)28-14(9)17(25)27-8-12(23)22-18(26)21-11-6-4-3-5-7-11/h3-7H,8H2,1-2H3,(H,19,20,24)(H2,21,22,23,26). The second-order valence-electron chi connectivity index (χ2n) is 5.83. The normalized spacial score (nSPS) is 10.5. The van der Waals surface area contributed by atoms with Crippen molar-refractivity contribution in [3.05, 3.63) is 57.0 Å². The molecule has 2 heterocycles.